The van der Waals surface area contributed by atoms with Crippen LogP contribution in [-0.4, -0.2) is 46.5 Å². The van der Waals surface area contributed by atoms with Crippen molar-refractivity contribution >= 4 is 59.5 Å². The van der Waals surface area contributed by atoms with E-state index in [-0.39, 0.29) is 33.4 Å². The van der Waals surface area contributed by atoms with Gasteiger partial charge in [-0.1, -0.05) is 11.8 Å². The maximum absolute atomic E-state index is 12.6. The molecular formula is C30H20N2O8S. The molecule has 4 aromatic carbocycles. The van der Waals surface area contributed by atoms with Crippen LogP contribution in [0.15, 0.2) is 94.7 Å². The number of carbonyl (C=O) groups excluding carboxylic acids is 4. The summed E-state index contributed by atoms with van der Waals surface area (Å²) in [7, 11) is 0. The molecule has 0 bridgehead atoms. The fourth-order valence-corrected chi connectivity index (χ4v) is 4.56. The van der Waals surface area contributed by atoms with Crippen molar-refractivity contribution in [1.82, 2.24) is 0 Å². The first-order valence-corrected chi connectivity index (χ1v) is 12.7. The number of anilines is 2. The molecule has 4 N–H and O–H groups in total. The van der Waals surface area contributed by atoms with Crippen molar-refractivity contribution in [3.05, 3.63) is 118 Å². The lowest BCUT2D eigenvalue weighted by Crippen LogP contribution is -2.15. The summed E-state index contributed by atoms with van der Waals surface area (Å²) >= 11 is 1.43. The number of aromatic carboxylic acids is 2. The third-order valence-electron chi connectivity index (χ3n) is 5.80. The first kappa shape index (κ1) is 28.5. The van der Waals surface area contributed by atoms with Crippen LogP contribution in [-0.2, 0) is 0 Å². The fourth-order valence-electron chi connectivity index (χ4n) is 3.75. The lowest BCUT2D eigenvalue weighted by molar-refractivity contribution is 0.0686. The highest BCUT2D eigenvalue weighted by Crippen LogP contribution is 2.30. The van der Waals surface area contributed by atoms with E-state index in [0.717, 1.165) is 21.9 Å². The SMILES string of the molecule is O=Cc1cc(C(=O)O)ccc1C(=O)Nc1ccc(Sc2ccc(NC(=O)c3ccc(C(=O)O)cc3C=O)cc2)cc1. The molecule has 204 valence electrons. The molecule has 0 saturated heterocycles. The molecule has 0 aliphatic carbocycles. The van der Waals surface area contributed by atoms with Gasteiger partial charge in [0, 0.05) is 32.3 Å². The van der Waals surface area contributed by atoms with E-state index in [4.69, 9.17) is 10.2 Å². The molecule has 0 fully saturated rings. The Hall–Kier alpha value is -5.55. The number of benzene rings is 4. The number of aldehydes is 2. The number of hydrogen-bond donors (Lipinski definition) is 4. The lowest BCUT2D eigenvalue weighted by atomic mass is 10.0. The Bertz CT molecular complexity index is 1560. The quantitative estimate of drug-likeness (QED) is 0.184. The van der Waals surface area contributed by atoms with E-state index in [0.29, 0.717) is 23.9 Å². The average Bonchev–Trinajstić information content (AvgIpc) is 2.98. The van der Waals surface area contributed by atoms with Crippen LogP contribution in [0.4, 0.5) is 11.4 Å². The zero-order valence-electron chi connectivity index (χ0n) is 21.0. The van der Waals surface area contributed by atoms with Gasteiger partial charge in [-0.15, -0.1) is 0 Å². The summed E-state index contributed by atoms with van der Waals surface area (Å²) in [5, 5.41) is 23.5. The molecule has 2 amide bonds. The van der Waals surface area contributed by atoms with E-state index < -0.39 is 23.8 Å². The van der Waals surface area contributed by atoms with Crippen molar-refractivity contribution in [2.45, 2.75) is 9.79 Å². The molecule has 0 heterocycles. The number of carboxylic acids is 2. The highest BCUT2D eigenvalue weighted by atomic mass is 32.2. The minimum absolute atomic E-state index is 0.0329. The van der Waals surface area contributed by atoms with Crippen molar-refractivity contribution in [3.63, 3.8) is 0 Å². The van der Waals surface area contributed by atoms with E-state index in [2.05, 4.69) is 10.6 Å². The van der Waals surface area contributed by atoms with Crippen LogP contribution in [0.3, 0.4) is 0 Å². The summed E-state index contributed by atoms with van der Waals surface area (Å²) in [5.74, 6) is -3.52. The van der Waals surface area contributed by atoms with Gasteiger partial charge in [0.1, 0.15) is 0 Å². The highest BCUT2D eigenvalue weighted by Gasteiger charge is 2.16. The second kappa shape index (κ2) is 12.5. The minimum atomic E-state index is -1.20. The first-order valence-electron chi connectivity index (χ1n) is 11.8. The Morgan fingerprint density at radius 3 is 1.24 bits per heavy atom. The van der Waals surface area contributed by atoms with Crippen LogP contribution in [0.25, 0.3) is 0 Å². The third-order valence-corrected chi connectivity index (χ3v) is 6.82. The van der Waals surface area contributed by atoms with Crippen molar-refractivity contribution in [3.8, 4) is 0 Å². The molecule has 0 aliphatic rings. The lowest BCUT2D eigenvalue weighted by Gasteiger charge is -2.10. The predicted octanol–water partition coefficient (Wildman–Crippen LogP) is 5.36. The fraction of sp³-hybridized carbons (Fsp3) is 0. The second-order valence-corrected chi connectivity index (χ2v) is 9.66. The Kier molecular flexibility index (Phi) is 8.70. The Labute approximate surface area is 237 Å². The number of carboxylic acid groups (broad SMARTS) is 2. The van der Waals surface area contributed by atoms with E-state index in [1.807, 2.05) is 0 Å². The van der Waals surface area contributed by atoms with Crippen LogP contribution >= 0.6 is 11.8 Å². The molecule has 0 unspecified atom stereocenters. The molecule has 0 atom stereocenters. The molecule has 41 heavy (non-hydrogen) atoms. The third kappa shape index (κ3) is 6.91. The molecule has 0 aromatic heterocycles. The van der Waals surface area contributed by atoms with Gasteiger partial charge < -0.3 is 20.8 Å². The normalized spacial score (nSPS) is 10.3. The first-order chi connectivity index (χ1) is 19.7. The zero-order valence-corrected chi connectivity index (χ0v) is 21.8. The van der Waals surface area contributed by atoms with Crippen LogP contribution in [0, 0.1) is 0 Å². The molecular weight excluding hydrogens is 548 g/mol. The highest BCUT2D eigenvalue weighted by molar-refractivity contribution is 7.99. The monoisotopic (exact) mass is 568 g/mol. The van der Waals surface area contributed by atoms with E-state index >= 15 is 0 Å². The van der Waals surface area contributed by atoms with Crippen molar-refractivity contribution < 1.29 is 39.0 Å². The van der Waals surface area contributed by atoms with Gasteiger partial charge in [-0.3, -0.25) is 19.2 Å². The van der Waals surface area contributed by atoms with Gasteiger partial charge in [0.05, 0.1) is 22.3 Å². The van der Waals surface area contributed by atoms with Gasteiger partial charge >= 0.3 is 11.9 Å². The number of hydrogen-bond acceptors (Lipinski definition) is 7. The molecule has 0 spiro atoms. The van der Waals surface area contributed by atoms with Gasteiger partial charge in [-0.05, 0) is 84.9 Å². The van der Waals surface area contributed by atoms with Gasteiger partial charge in [0.25, 0.3) is 11.8 Å². The van der Waals surface area contributed by atoms with E-state index in [1.54, 1.807) is 48.5 Å². The van der Waals surface area contributed by atoms with Crippen LogP contribution in [0.1, 0.15) is 62.1 Å². The largest absolute Gasteiger partial charge is 0.478 e. The molecule has 0 aliphatic heterocycles. The summed E-state index contributed by atoms with van der Waals surface area (Å²) in [4.78, 5) is 71.9. The molecule has 0 saturated carbocycles. The summed E-state index contributed by atoms with van der Waals surface area (Å²) in [6.07, 6.45) is 0.859. The summed E-state index contributed by atoms with van der Waals surface area (Å²) in [6.45, 7) is 0. The number of carbonyl (C=O) groups is 6. The van der Waals surface area contributed by atoms with Gasteiger partial charge in [-0.2, -0.15) is 0 Å². The Balaban J connectivity index is 1.37. The second-order valence-electron chi connectivity index (χ2n) is 8.51. The standard InChI is InChI=1S/C30H20N2O8S/c33-15-19-13-17(29(37)38)1-11-25(19)27(35)31-21-3-7-23(8-4-21)41-24-9-5-22(6-10-24)32-28(36)26-12-2-18(30(39)40)14-20(26)16-34/h1-16H,(H,31,35)(H,32,36)(H,37,38)(H,39,40). The van der Waals surface area contributed by atoms with Gasteiger partial charge in [0.15, 0.2) is 12.6 Å². The van der Waals surface area contributed by atoms with Crippen molar-refractivity contribution in [2.24, 2.45) is 0 Å². The van der Waals surface area contributed by atoms with E-state index in [1.165, 1.54) is 36.0 Å². The number of amides is 2. The van der Waals surface area contributed by atoms with Gasteiger partial charge in [-0.25, -0.2) is 9.59 Å². The van der Waals surface area contributed by atoms with Crippen molar-refractivity contribution in [1.29, 1.82) is 0 Å². The van der Waals surface area contributed by atoms with Gasteiger partial charge in [0.2, 0.25) is 0 Å². The maximum atomic E-state index is 12.6. The average molecular weight is 569 g/mol. The Morgan fingerprint density at radius 1 is 0.561 bits per heavy atom. The molecule has 11 heteroatoms. The van der Waals surface area contributed by atoms with Crippen LogP contribution < -0.4 is 10.6 Å². The summed E-state index contributed by atoms with van der Waals surface area (Å²) in [6, 6.07) is 21.2. The van der Waals surface area contributed by atoms with Crippen LogP contribution in [0.5, 0.6) is 0 Å². The molecule has 4 aromatic rings. The summed E-state index contributed by atoms with van der Waals surface area (Å²) in [5.41, 5.74) is 0.791. The smallest absolute Gasteiger partial charge is 0.335 e. The molecule has 0 radical (unpaired) electrons. The van der Waals surface area contributed by atoms with Crippen LogP contribution in [0.2, 0.25) is 0 Å². The van der Waals surface area contributed by atoms with Crippen molar-refractivity contribution in [2.75, 3.05) is 10.6 Å². The topological polar surface area (TPSA) is 167 Å². The zero-order chi connectivity index (χ0) is 29.5. The molecule has 10 nitrogen and oxygen atoms in total. The number of nitrogens with one attached hydrogen (secondary N) is 2. The minimum Gasteiger partial charge on any atom is -0.478 e. The molecule has 4 rings (SSSR count). The van der Waals surface area contributed by atoms with E-state index in [9.17, 15) is 28.8 Å². The maximum Gasteiger partial charge on any atom is 0.335 e. The predicted molar refractivity (Wildman–Crippen MR) is 150 cm³/mol. The number of rotatable bonds is 10. The Morgan fingerprint density at radius 2 is 0.927 bits per heavy atom. The summed E-state index contributed by atoms with van der Waals surface area (Å²) < 4.78 is 0.